The number of carbonyl (C=O) groups is 1. The van der Waals surface area contributed by atoms with Crippen molar-refractivity contribution < 1.29 is 9.90 Å². The molecule has 1 aliphatic rings. The highest BCUT2D eigenvalue weighted by Gasteiger charge is 2.23. The maximum absolute atomic E-state index is 11.5. The maximum Gasteiger partial charge on any atom is 0.228 e. The van der Waals surface area contributed by atoms with Crippen LogP contribution in [0.4, 0.5) is 5.82 Å². The third kappa shape index (κ3) is 2.11. The minimum atomic E-state index is -0.0999. The van der Waals surface area contributed by atoms with Crippen molar-refractivity contribution in [2.75, 3.05) is 11.4 Å². The van der Waals surface area contributed by atoms with Gasteiger partial charge in [-0.2, -0.15) is 0 Å². The summed E-state index contributed by atoms with van der Waals surface area (Å²) >= 11 is 5.79. The zero-order chi connectivity index (χ0) is 10.8. The van der Waals surface area contributed by atoms with E-state index in [0.717, 1.165) is 6.42 Å². The number of carbonyl (C=O) groups excluding carboxylic acids is 1. The number of hydrogen-bond acceptors (Lipinski definition) is 3. The topological polar surface area (TPSA) is 53.4 Å². The highest BCUT2D eigenvalue weighted by molar-refractivity contribution is 6.29. The number of halogens is 1. The summed E-state index contributed by atoms with van der Waals surface area (Å²) in [5.41, 5.74) is 0.671. The molecule has 4 nitrogen and oxygen atoms in total. The molecular formula is C10H11ClN2O2. The van der Waals surface area contributed by atoms with Crippen LogP contribution in [0.5, 0.6) is 0 Å². The molecule has 1 amide bonds. The average Bonchev–Trinajstić information content (AvgIpc) is 2.63. The number of rotatable bonds is 2. The van der Waals surface area contributed by atoms with E-state index in [2.05, 4.69) is 4.98 Å². The van der Waals surface area contributed by atoms with Gasteiger partial charge in [0.25, 0.3) is 0 Å². The number of nitrogens with zero attached hydrogens (tertiary/aromatic N) is 2. The Morgan fingerprint density at radius 2 is 2.33 bits per heavy atom. The van der Waals surface area contributed by atoms with Gasteiger partial charge in [0.1, 0.15) is 11.0 Å². The van der Waals surface area contributed by atoms with Gasteiger partial charge in [-0.25, -0.2) is 4.98 Å². The predicted octanol–water partition coefficient (Wildman–Crippen LogP) is 1.35. The molecule has 0 bridgehead atoms. The summed E-state index contributed by atoms with van der Waals surface area (Å²) in [6.45, 7) is 0.578. The first-order valence-corrected chi connectivity index (χ1v) is 5.16. The van der Waals surface area contributed by atoms with Gasteiger partial charge in [0, 0.05) is 13.0 Å². The summed E-state index contributed by atoms with van der Waals surface area (Å²) in [7, 11) is 0. The number of amides is 1. The quantitative estimate of drug-likeness (QED) is 0.775. The smallest absolute Gasteiger partial charge is 0.228 e. The third-order valence-corrected chi connectivity index (χ3v) is 2.57. The number of hydrogen-bond donors (Lipinski definition) is 1. The summed E-state index contributed by atoms with van der Waals surface area (Å²) in [5, 5.41) is 9.31. The van der Waals surface area contributed by atoms with Crippen LogP contribution in [0.25, 0.3) is 0 Å². The number of aromatic nitrogens is 1. The molecule has 15 heavy (non-hydrogen) atoms. The summed E-state index contributed by atoms with van der Waals surface area (Å²) in [5.74, 6) is 0.600. The Balaban J connectivity index is 2.34. The summed E-state index contributed by atoms with van der Waals surface area (Å²) in [6.07, 6.45) is 1.41. The molecule has 1 aromatic heterocycles. The molecule has 0 aromatic carbocycles. The lowest BCUT2D eigenvalue weighted by molar-refractivity contribution is -0.117. The second-order valence-corrected chi connectivity index (χ2v) is 3.85. The van der Waals surface area contributed by atoms with E-state index in [1.165, 1.54) is 0 Å². The molecule has 1 fully saturated rings. The van der Waals surface area contributed by atoms with E-state index in [0.29, 0.717) is 29.5 Å². The first-order valence-electron chi connectivity index (χ1n) is 4.78. The number of pyridine rings is 1. The van der Waals surface area contributed by atoms with Crippen LogP contribution in [0.2, 0.25) is 5.15 Å². The van der Waals surface area contributed by atoms with Crippen LogP contribution >= 0.6 is 11.6 Å². The molecule has 80 valence electrons. The van der Waals surface area contributed by atoms with Gasteiger partial charge in [-0.1, -0.05) is 11.6 Å². The fourth-order valence-electron chi connectivity index (χ4n) is 1.65. The Morgan fingerprint density at radius 3 is 2.93 bits per heavy atom. The van der Waals surface area contributed by atoms with Crippen molar-refractivity contribution in [3.63, 3.8) is 0 Å². The zero-order valence-corrected chi connectivity index (χ0v) is 8.87. The van der Waals surface area contributed by atoms with Crippen molar-refractivity contribution in [3.8, 4) is 0 Å². The molecule has 1 aliphatic heterocycles. The fourth-order valence-corrected chi connectivity index (χ4v) is 1.88. The van der Waals surface area contributed by atoms with Gasteiger partial charge in [0.05, 0.1) is 6.61 Å². The monoisotopic (exact) mass is 226 g/mol. The molecule has 0 atom stereocenters. The fraction of sp³-hybridized carbons (Fsp3) is 0.400. The zero-order valence-electron chi connectivity index (χ0n) is 8.11. The molecular weight excluding hydrogens is 216 g/mol. The SMILES string of the molecule is O=C1CCCN1c1cc(CO)cc(Cl)n1. The number of anilines is 1. The van der Waals surface area contributed by atoms with Crippen molar-refractivity contribution in [2.24, 2.45) is 0 Å². The molecule has 1 aromatic rings. The molecule has 0 saturated carbocycles. The van der Waals surface area contributed by atoms with Crippen LogP contribution in [0.1, 0.15) is 18.4 Å². The first kappa shape index (κ1) is 10.4. The lowest BCUT2D eigenvalue weighted by Crippen LogP contribution is -2.24. The second-order valence-electron chi connectivity index (χ2n) is 3.46. The van der Waals surface area contributed by atoms with E-state index in [1.54, 1.807) is 17.0 Å². The van der Waals surface area contributed by atoms with Crippen molar-refractivity contribution >= 4 is 23.3 Å². The van der Waals surface area contributed by atoms with Crippen molar-refractivity contribution in [2.45, 2.75) is 19.4 Å². The Kier molecular flexibility index (Phi) is 2.88. The molecule has 5 heteroatoms. The minimum Gasteiger partial charge on any atom is -0.392 e. The van der Waals surface area contributed by atoms with E-state index >= 15 is 0 Å². The average molecular weight is 227 g/mol. The Labute approximate surface area is 92.5 Å². The van der Waals surface area contributed by atoms with Crippen LogP contribution in [-0.2, 0) is 11.4 Å². The normalized spacial score (nSPS) is 16.1. The molecule has 1 saturated heterocycles. The highest BCUT2D eigenvalue weighted by atomic mass is 35.5. The maximum atomic E-state index is 11.5. The van der Waals surface area contributed by atoms with Crippen LogP contribution in [0.3, 0.4) is 0 Å². The molecule has 2 rings (SSSR count). The van der Waals surface area contributed by atoms with E-state index in [4.69, 9.17) is 16.7 Å². The van der Waals surface area contributed by atoms with Crippen LogP contribution in [-0.4, -0.2) is 22.5 Å². The van der Waals surface area contributed by atoms with Crippen molar-refractivity contribution in [3.05, 3.63) is 22.8 Å². The molecule has 1 N–H and O–H groups in total. The van der Waals surface area contributed by atoms with E-state index < -0.39 is 0 Å². The Morgan fingerprint density at radius 1 is 1.53 bits per heavy atom. The van der Waals surface area contributed by atoms with E-state index in [9.17, 15) is 4.79 Å². The summed E-state index contributed by atoms with van der Waals surface area (Å²) in [6, 6.07) is 3.28. The van der Waals surface area contributed by atoms with Gasteiger partial charge in [-0.15, -0.1) is 0 Å². The summed E-state index contributed by atoms with van der Waals surface area (Å²) < 4.78 is 0. The minimum absolute atomic E-state index is 0.0636. The van der Waals surface area contributed by atoms with Gasteiger partial charge in [0.2, 0.25) is 5.91 Å². The van der Waals surface area contributed by atoms with Crippen molar-refractivity contribution in [1.29, 1.82) is 0 Å². The second kappa shape index (κ2) is 4.16. The van der Waals surface area contributed by atoms with E-state index in [1.807, 2.05) is 0 Å². The molecule has 0 aliphatic carbocycles. The molecule has 0 spiro atoms. The largest absolute Gasteiger partial charge is 0.392 e. The Bertz CT molecular complexity index is 395. The number of aliphatic hydroxyl groups is 1. The van der Waals surface area contributed by atoms with Gasteiger partial charge in [-0.3, -0.25) is 9.69 Å². The first-order chi connectivity index (χ1) is 7.20. The Hall–Kier alpha value is -1.13. The predicted molar refractivity (Wildman–Crippen MR) is 56.8 cm³/mol. The molecule has 0 radical (unpaired) electrons. The lowest BCUT2D eigenvalue weighted by Gasteiger charge is -2.15. The lowest BCUT2D eigenvalue weighted by atomic mass is 10.2. The van der Waals surface area contributed by atoms with Gasteiger partial charge >= 0.3 is 0 Å². The molecule has 0 unspecified atom stereocenters. The van der Waals surface area contributed by atoms with E-state index in [-0.39, 0.29) is 12.5 Å². The van der Waals surface area contributed by atoms with Crippen LogP contribution in [0, 0.1) is 0 Å². The summed E-state index contributed by atoms with van der Waals surface area (Å²) in [4.78, 5) is 17.1. The van der Waals surface area contributed by atoms with Crippen LogP contribution in [0.15, 0.2) is 12.1 Å². The molecule has 2 heterocycles. The highest BCUT2D eigenvalue weighted by Crippen LogP contribution is 2.22. The standard InChI is InChI=1S/C10H11ClN2O2/c11-8-4-7(6-14)5-9(12-8)13-3-1-2-10(13)15/h4-5,14H,1-3,6H2. The van der Waals surface area contributed by atoms with Gasteiger partial charge in [0.15, 0.2) is 0 Å². The van der Waals surface area contributed by atoms with Crippen LogP contribution < -0.4 is 4.90 Å². The van der Waals surface area contributed by atoms with Gasteiger partial charge < -0.3 is 5.11 Å². The van der Waals surface area contributed by atoms with Gasteiger partial charge in [-0.05, 0) is 24.1 Å². The van der Waals surface area contributed by atoms with Crippen molar-refractivity contribution in [1.82, 2.24) is 4.98 Å². The number of aliphatic hydroxyl groups excluding tert-OH is 1. The third-order valence-electron chi connectivity index (χ3n) is 2.37.